The maximum absolute atomic E-state index is 13.5. The van der Waals surface area contributed by atoms with Crippen molar-refractivity contribution in [2.45, 2.75) is 63.8 Å². The minimum Gasteiger partial charge on any atom is -0.494 e. The molecular weight excluding hydrogens is 412 g/mol. The monoisotopic (exact) mass is 444 g/mol. The Morgan fingerprint density at radius 1 is 1.03 bits per heavy atom. The molecule has 0 unspecified atom stereocenters. The molecule has 0 saturated heterocycles. The van der Waals surface area contributed by atoms with Crippen LogP contribution in [0.2, 0.25) is 0 Å². The third kappa shape index (κ3) is 6.08. The SMILES string of the molecule is CCOc1ccc(S(=O)(=O)N(CC(=O)Nc2cc(C)cc(C)c2)C2CCCCC2)cc1. The molecule has 0 atom stereocenters. The molecule has 6 nitrogen and oxygen atoms in total. The zero-order valence-electron chi connectivity index (χ0n) is 18.6. The molecule has 1 N–H and O–H groups in total. The molecule has 0 spiro atoms. The van der Waals surface area contributed by atoms with E-state index in [4.69, 9.17) is 4.74 Å². The van der Waals surface area contributed by atoms with E-state index in [2.05, 4.69) is 5.32 Å². The maximum Gasteiger partial charge on any atom is 0.243 e. The number of nitrogens with zero attached hydrogens (tertiary/aromatic N) is 1. The lowest BCUT2D eigenvalue weighted by molar-refractivity contribution is -0.116. The van der Waals surface area contributed by atoms with Crippen molar-refractivity contribution in [2.75, 3.05) is 18.5 Å². The topological polar surface area (TPSA) is 75.7 Å². The van der Waals surface area contributed by atoms with Gasteiger partial charge in [0.05, 0.1) is 18.0 Å². The molecule has 0 aliphatic heterocycles. The van der Waals surface area contributed by atoms with Gasteiger partial charge in [-0.15, -0.1) is 0 Å². The summed E-state index contributed by atoms with van der Waals surface area (Å²) in [5.74, 6) is 0.295. The lowest BCUT2D eigenvalue weighted by Gasteiger charge is -2.33. The largest absolute Gasteiger partial charge is 0.494 e. The highest BCUT2D eigenvalue weighted by Crippen LogP contribution is 2.28. The Kier molecular flexibility index (Phi) is 7.73. The number of hydrogen-bond acceptors (Lipinski definition) is 4. The van der Waals surface area contributed by atoms with Crippen molar-refractivity contribution in [3.8, 4) is 5.75 Å². The molecule has 7 heteroatoms. The lowest BCUT2D eigenvalue weighted by Crippen LogP contribution is -2.45. The quantitative estimate of drug-likeness (QED) is 0.642. The lowest BCUT2D eigenvalue weighted by atomic mass is 9.95. The number of hydrogen-bond donors (Lipinski definition) is 1. The van der Waals surface area contributed by atoms with Gasteiger partial charge in [0.2, 0.25) is 15.9 Å². The van der Waals surface area contributed by atoms with Gasteiger partial charge >= 0.3 is 0 Å². The molecule has 2 aromatic rings. The first-order valence-electron chi connectivity index (χ1n) is 10.9. The number of ether oxygens (including phenoxy) is 1. The summed E-state index contributed by atoms with van der Waals surface area (Å²) in [5.41, 5.74) is 2.77. The van der Waals surface area contributed by atoms with Crippen LogP contribution in [-0.4, -0.2) is 37.8 Å². The summed E-state index contributed by atoms with van der Waals surface area (Å²) >= 11 is 0. The molecule has 2 aromatic carbocycles. The summed E-state index contributed by atoms with van der Waals surface area (Å²) in [7, 11) is -3.82. The van der Waals surface area contributed by atoms with Crippen molar-refractivity contribution in [3.05, 3.63) is 53.6 Å². The molecule has 1 fully saturated rings. The fourth-order valence-electron chi connectivity index (χ4n) is 4.18. The average Bonchev–Trinajstić information content (AvgIpc) is 2.72. The molecule has 1 aliphatic rings. The predicted octanol–water partition coefficient (Wildman–Crippen LogP) is 4.66. The Labute approximate surface area is 185 Å². The normalized spacial score (nSPS) is 15.1. The minimum absolute atomic E-state index is 0.171. The standard InChI is InChI=1S/C24H32N2O4S/c1-4-30-22-10-12-23(13-11-22)31(28,29)26(21-8-6-5-7-9-21)17-24(27)25-20-15-18(2)14-19(3)16-20/h10-16,21H,4-9,17H2,1-3H3,(H,25,27). The second-order valence-electron chi connectivity index (χ2n) is 8.17. The Bertz CT molecular complexity index is 976. The second kappa shape index (κ2) is 10.3. The van der Waals surface area contributed by atoms with Crippen LogP contribution in [-0.2, 0) is 14.8 Å². The van der Waals surface area contributed by atoms with Crippen LogP contribution in [0, 0.1) is 13.8 Å². The number of rotatable bonds is 8. The van der Waals surface area contributed by atoms with E-state index in [1.165, 1.54) is 4.31 Å². The van der Waals surface area contributed by atoms with Crippen molar-refractivity contribution in [3.63, 3.8) is 0 Å². The molecule has 0 aromatic heterocycles. The minimum atomic E-state index is -3.82. The van der Waals surface area contributed by atoms with Crippen LogP contribution in [0.15, 0.2) is 47.4 Å². The van der Waals surface area contributed by atoms with Gasteiger partial charge in [0, 0.05) is 11.7 Å². The number of nitrogens with one attached hydrogen (secondary N) is 1. The molecule has 168 valence electrons. The second-order valence-corrected chi connectivity index (χ2v) is 10.1. The van der Waals surface area contributed by atoms with Crippen molar-refractivity contribution >= 4 is 21.6 Å². The number of benzene rings is 2. The van der Waals surface area contributed by atoms with Gasteiger partial charge in [0.25, 0.3) is 0 Å². The van der Waals surface area contributed by atoms with Crippen LogP contribution in [0.4, 0.5) is 5.69 Å². The number of carbonyl (C=O) groups is 1. The Hall–Kier alpha value is -2.38. The molecule has 1 aliphatic carbocycles. The molecule has 1 saturated carbocycles. The van der Waals surface area contributed by atoms with Gasteiger partial charge in [-0.3, -0.25) is 4.79 Å². The summed E-state index contributed by atoms with van der Waals surface area (Å²) in [4.78, 5) is 13.0. The number of aryl methyl sites for hydroxylation is 2. The average molecular weight is 445 g/mol. The van der Waals surface area contributed by atoms with Crippen LogP contribution in [0.1, 0.15) is 50.2 Å². The van der Waals surface area contributed by atoms with E-state index in [-0.39, 0.29) is 23.4 Å². The van der Waals surface area contributed by atoms with Crippen LogP contribution in [0.25, 0.3) is 0 Å². The van der Waals surface area contributed by atoms with Crippen molar-refractivity contribution in [1.29, 1.82) is 0 Å². The van der Waals surface area contributed by atoms with Crippen molar-refractivity contribution in [2.24, 2.45) is 0 Å². The Balaban J connectivity index is 1.84. The zero-order chi connectivity index (χ0) is 22.4. The van der Waals surface area contributed by atoms with Gasteiger partial charge in [-0.1, -0.05) is 25.3 Å². The summed E-state index contributed by atoms with van der Waals surface area (Å²) in [5, 5.41) is 2.88. The highest BCUT2D eigenvalue weighted by Gasteiger charge is 2.34. The van der Waals surface area contributed by atoms with E-state index in [0.29, 0.717) is 18.0 Å². The van der Waals surface area contributed by atoms with Crippen molar-refractivity contribution in [1.82, 2.24) is 4.31 Å². The number of carbonyl (C=O) groups excluding carboxylic acids is 1. The number of anilines is 1. The number of sulfonamides is 1. The summed E-state index contributed by atoms with van der Waals surface area (Å²) < 4.78 is 33.8. The van der Waals surface area contributed by atoms with Crippen molar-refractivity contribution < 1.29 is 17.9 Å². The molecule has 0 radical (unpaired) electrons. The fourth-order valence-corrected chi connectivity index (χ4v) is 5.82. The van der Waals surface area contributed by atoms with E-state index < -0.39 is 10.0 Å². The van der Waals surface area contributed by atoms with E-state index in [1.54, 1.807) is 24.3 Å². The molecule has 0 heterocycles. The predicted molar refractivity (Wildman–Crippen MR) is 123 cm³/mol. The smallest absolute Gasteiger partial charge is 0.243 e. The Morgan fingerprint density at radius 3 is 2.23 bits per heavy atom. The van der Waals surface area contributed by atoms with E-state index >= 15 is 0 Å². The highest BCUT2D eigenvalue weighted by molar-refractivity contribution is 7.89. The summed E-state index contributed by atoms with van der Waals surface area (Å²) in [6.07, 6.45) is 4.58. The Morgan fingerprint density at radius 2 is 1.65 bits per heavy atom. The molecule has 31 heavy (non-hydrogen) atoms. The molecule has 0 bridgehead atoms. The first-order chi connectivity index (χ1) is 14.8. The van der Waals surface area contributed by atoms with Gasteiger partial charge < -0.3 is 10.1 Å². The molecule has 1 amide bonds. The summed E-state index contributed by atoms with van der Waals surface area (Å²) in [6.45, 7) is 6.12. The van der Waals surface area contributed by atoms with Gasteiger partial charge in [-0.25, -0.2) is 8.42 Å². The van der Waals surface area contributed by atoms with E-state index in [0.717, 1.165) is 43.2 Å². The van der Waals surface area contributed by atoms with Gasteiger partial charge in [0.1, 0.15) is 5.75 Å². The number of amides is 1. The van der Waals surface area contributed by atoms with Gasteiger partial charge in [-0.2, -0.15) is 4.31 Å². The third-order valence-electron chi connectivity index (χ3n) is 5.53. The zero-order valence-corrected chi connectivity index (χ0v) is 19.4. The van der Waals surface area contributed by atoms with Crippen LogP contribution in [0.3, 0.4) is 0 Å². The van der Waals surface area contributed by atoms with Crippen LogP contribution >= 0.6 is 0 Å². The molecular formula is C24H32N2O4S. The third-order valence-corrected chi connectivity index (χ3v) is 7.44. The van der Waals surface area contributed by atoms with Crippen LogP contribution < -0.4 is 10.1 Å². The van der Waals surface area contributed by atoms with Crippen LogP contribution in [0.5, 0.6) is 5.75 Å². The first-order valence-corrected chi connectivity index (χ1v) is 12.4. The fraction of sp³-hybridized carbons (Fsp3) is 0.458. The first kappa shape index (κ1) is 23.3. The van der Waals surface area contributed by atoms with Gasteiger partial charge in [-0.05, 0) is 81.1 Å². The maximum atomic E-state index is 13.5. The summed E-state index contributed by atoms with van der Waals surface area (Å²) in [6, 6.07) is 12.1. The highest BCUT2D eigenvalue weighted by atomic mass is 32.2. The van der Waals surface area contributed by atoms with E-state index in [9.17, 15) is 13.2 Å². The molecule has 3 rings (SSSR count). The van der Waals surface area contributed by atoms with E-state index in [1.807, 2.05) is 39.0 Å². The van der Waals surface area contributed by atoms with Gasteiger partial charge in [0.15, 0.2) is 0 Å².